The predicted molar refractivity (Wildman–Crippen MR) is 204 cm³/mol. The van der Waals surface area contributed by atoms with Gasteiger partial charge < -0.3 is 0 Å². The van der Waals surface area contributed by atoms with Gasteiger partial charge in [-0.05, 0) is 130 Å². The van der Waals surface area contributed by atoms with Crippen LogP contribution in [-0.2, 0) is 0 Å². The normalized spacial score (nSPS) is 11.9. The van der Waals surface area contributed by atoms with Gasteiger partial charge in [0.1, 0.15) is 0 Å². The van der Waals surface area contributed by atoms with Crippen molar-refractivity contribution < 1.29 is 0 Å². The van der Waals surface area contributed by atoms with Gasteiger partial charge >= 0.3 is 0 Å². The van der Waals surface area contributed by atoms with E-state index in [0.717, 1.165) is 0 Å². The average Bonchev–Trinajstić information content (AvgIpc) is 3.80. The number of fused-ring (bicyclic) bond motifs is 8. The molecule has 0 nitrogen and oxygen atoms in total. The van der Waals surface area contributed by atoms with Gasteiger partial charge in [-0.25, -0.2) is 0 Å². The molecule has 0 aliphatic carbocycles. The minimum absolute atomic E-state index is 1.27. The van der Waals surface area contributed by atoms with Crippen molar-refractivity contribution >= 4 is 87.3 Å². The first-order valence-corrected chi connectivity index (χ1v) is 17.3. The molecule has 46 heavy (non-hydrogen) atoms. The van der Waals surface area contributed by atoms with E-state index in [0.29, 0.717) is 0 Å². The molecule has 2 heteroatoms. The Labute approximate surface area is 274 Å². The summed E-state index contributed by atoms with van der Waals surface area (Å²) in [6, 6.07) is 58.5. The molecule has 0 spiro atoms. The molecule has 0 saturated carbocycles. The van der Waals surface area contributed by atoms with E-state index in [2.05, 4.69) is 158 Å². The zero-order valence-electron chi connectivity index (χ0n) is 24.8. The molecule has 0 aliphatic heterocycles. The first-order valence-electron chi connectivity index (χ1n) is 15.7. The lowest BCUT2D eigenvalue weighted by Gasteiger charge is -2.09. The molecule has 0 saturated heterocycles. The van der Waals surface area contributed by atoms with Crippen LogP contribution in [0.4, 0.5) is 0 Å². The van der Waals surface area contributed by atoms with E-state index in [1.165, 1.54) is 95.3 Å². The van der Waals surface area contributed by atoms with E-state index in [9.17, 15) is 0 Å². The van der Waals surface area contributed by atoms with Crippen molar-refractivity contribution in [2.24, 2.45) is 0 Å². The third kappa shape index (κ3) is 4.11. The number of rotatable bonds is 3. The Kier molecular flexibility index (Phi) is 5.72. The Bertz CT molecular complexity index is 2810. The third-order valence-corrected chi connectivity index (χ3v) is 11.9. The first kappa shape index (κ1) is 26.0. The molecule has 0 bridgehead atoms. The molecule has 0 unspecified atom stereocenters. The van der Waals surface area contributed by atoms with Gasteiger partial charge in [0, 0.05) is 19.5 Å². The van der Waals surface area contributed by atoms with E-state index < -0.39 is 0 Å². The summed E-state index contributed by atoms with van der Waals surface area (Å²) in [7, 11) is 0. The Hall–Kier alpha value is -5.28. The highest BCUT2D eigenvalue weighted by Crippen LogP contribution is 2.43. The fourth-order valence-corrected chi connectivity index (χ4v) is 9.28. The van der Waals surface area contributed by atoms with Gasteiger partial charge in [0.25, 0.3) is 0 Å². The maximum Gasteiger partial charge on any atom is 0.0449 e. The van der Waals surface area contributed by atoms with E-state index in [-0.39, 0.29) is 0 Å². The number of thiophene rings is 2. The van der Waals surface area contributed by atoms with E-state index in [1.807, 2.05) is 22.7 Å². The van der Waals surface area contributed by atoms with Crippen LogP contribution in [0, 0.1) is 0 Å². The van der Waals surface area contributed by atoms with E-state index in [4.69, 9.17) is 0 Å². The molecule has 0 N–H and O–H groups in total. The predicted octanol–water partition coefficient (Wildman–Crippen LogP) is 13.7. The molecular weight excluding hydrogens is 593 g/mol. The maximum atomic E-state index is 2.38. The monoisotopic (exact) mass is 618 g/mol. The van der Waals surface area contributed by atoms with Crippen LogP contribution in [-0.4, -0.2) is 0 Å². The minimum Gasteiger partial charge on any atom is -0.134 e. The van der Waals surface area contributed by atoms with Crippen LogP contribution in [0.2, 0.25) is 0 Å². The second kappa shape index (κ2) is 10.1. The maximum absolute atomic E-state index is 2.38. The van der Waals surface area contributed by atoms with Crippen molar-refractivity contribution in [2.75, 3.05) is 0 Å². The number of benzene rings is 8. The van der Waals surface area contributed by atoms with Gasteiger partial charge in [-0.15, -0.1) is 22.7 Å². The summed E-state index contributed by atoms with van der Waals surface area (Å²) in [5.41, 5.74) is 2.57. The molecule has 10 rings (SSSR count). The molecule has 2 heterocycles. The lowest BCUT2D eigenvalue weighted by Crippen LogP contribution is -1.82. The summed E-state index contributed by atoms with van der Waals surface area (Å²) in [4.78, 5) is 5.23. The SMILES string of the molecule is c1cc(-c2ccc(-c3ccc(-c4ccc5cc6c(ccc7ccccc76)cc5c4)s3)s2)c2cc3ccc4ccccc4c3cc2c1. The zero-order chi connectivity index (χ0) is 30.2. The van der Waals surface area contributed by atoms with E-state index in [1.54, 1.807) is 0 Å². The molecular formula is C44H26S2. The highest BCUT2D eigenvalue weighted by atomic mass is 32.1. The molecule has 0 radical (unpaired) electrons. The second-order valence-corrected chi connectivity index (χ2v) is 14.3. The lowest BCUT2D eigenvalue weighted by atomic mass is 9.96. The Morgan fingerprint density at radius 1 is 0.261 bits per heavy atom. The van der Waals surface area contributed by atoms with Crippen molar-refractivity contribution in [1.82, 2.24) is 0 Å². The zero-order valence-corrected chi connectivity index (χ0v) is 26.5. The van der Waals surface area contributed by atoms with Crippen LogP contribution in [0.5, 0.6) is 0 Å². The standard InChI is InChI=1S/C44H26S2/c1-3-9-35-27(6-1)12-15-31-22-34-23-33(17-14-29(34)24-38(31)35)41-18-20-43(45-41)44-21-19-42(46-44)37-11-5-8-30-25-39-32(26-40(30)37)16-13-28-7-2-4-10-36(28)39/h1-26H. The van der Waals surface area contributed by atoms with E-state index >= 15 is 0 Å². The fourth-order valence-electron chi connectivity index (χ4n) is 7.14. The van der Waals surface area contributed by atoms with Gasteiger partial charge in [0.05, 0.1) is 0 Å². The van der Waals surface area contributed by atoms with Gasteiger partial charge in [-0.1, -0.05) is 103 Å². The summed E-state index contributed by atoms with van der Waals surface area (Å²) in [5.74, 6) is 0. The summed E-state index contributed by atoms with van der Waals surface area (Å²) < 4.78 is 0. The third-order valence-electron chi connectivity index (χ3n) is 9.45. The summed E-state index contributed by atoms with van der Waals surface area (Å²) >= 11 is 3.76. The summed E-state index contributed by atoms with van der Waals surface area (Å²) in [6.45, 7) is 0. The Morgan fingerprint density at radius 2 is 0.783 bits per heavy atom. The van der Waals surface area contributed by atoms with Gasteiger partial charge in [-0.3, -0.25) is 0 Å². The van der Waals surface area contributed by atoms with Crippen LogP contribution in [0.3, 0.4) is 0 Å². The Balaban J connectivity index is 1.01. The van der Waals surface area contributed by atoms with Gasteiger partial charge in [0.2, 0.25) is 0 Å². The lowest BCUT2D eigenvalue weighted by molar-refractivity contribution is 1.76. The van der Waals surface area contributed by atoms with Crippen molar-refractivity contribution in [3.8, 4) is 30.6 Å². The van der Waals surface area contributed by atoms with Crippen LogP contribution >= 0.6 is 22.7 Å². The second-order valence-electron chi connectivity index (χ2n) is 12.1. The van der Waals surface area contributed by atoms with Crippen molar-refractivity contribution in [1.29, 1.82) is 0 Å². The largest absolute Gasteiger partial charge is 0.134 e. The number of hydrogen-bond acceptors (Lipinski definition) is 2. The molecule has 8 aromatic carbocycles. The van der Waals surface area contributed by atoms with Crippen LogP contribution in [0.15, 0.2) is 158 Å². The minimum atomic E-state index is 1.27. The average molecular weight is 619 g/mol. The molecule has 10 aromatic rings. The van der Waals surface area contributed by atoms with Gasteiger partial charge in [0.15, 0.2) is 0 Å². The molecule has 214 valence electrons. The molecule has 2 aromatic heterocycles. The van der Waals surface area contributed by atoms with Crippen LogP contribution in [0.1, 0.15) is 0 Å². The highest BCUT2D eigenvalue weighted by molar-refractivity contribution is 7.25. The summed E-state index contributed by atoms with van der Waals surface area (Å²) in [6.07, 6.45) is 0. The highest BCUT2D eigenvalue weighted by Gasteiger charge is 2.13. The molecule has 0 fully saturated rings. The van der Waals surface area contributed by atoms with Crippen molar-refractivity contribution in [3.05, 3.63) is 158 Å². The smallest absolute Gasteiger partial charge is 0.0449 e. The van der Waals surface area contributed by atoms with Gasteiger partial charge in [-0.2, -0.15) is 0 Å². The van der Waals surface area contributed by atoms with Crippen LogP contribution < -0.4 is 0 Å². The number of hydrogen-bond donors (Lipinski definition) is 0. The van der Waals surface area contributed by atoms with Crippen molar-refractivity contribution in [2.45, 2.75) is 0 Å². The van der Waals surface area contributed by atoms with Crippen molar-refractivity contribution in [3.63, 3.8) is 0 Å². The topological polar surface area (TPSA) is 0 Å². The quantitative estimate of drug-likeness (QED) is 0.136. The fraction of sp³-hybridized carbons (Fsp3) is 0. The summed E-state index contributed by atoms with van der Waals surface area (Å²) in [5, 5.41) is 15.6. The molecule has 0 atom stereocenters. The Morgan fingerprint density at radius 3 is 1.54 bits per heavy atom. The molecule has 0 amide bonds. The van der Waals surface area contributed by atoms with Crippen LogP contribution in [0.25, 0.3) is 95.3 Å². The first-order chi connectivity index (χ1) is 22.7. The molecule has 0 aliphatic rings.